The second-order valence-corrected chi connectivity index (χ2v) is 7.51. The molecule has 0 spiro atoms. The third kappa shape index (κ3) is 4.02. The van der Waals surface area contributed by atoms with Crippen LogP contribution in [0.2, 0.25) is 0 Å². The van der Waals surface area contributed by atoms with Crippen LogP contribution in [0.5, 0.6) is 0 Å². The van der Waals surface area contributed by atoms with Crippen LogP contribution in [0.3, 0.4) is 0 Å². The highest BCUT2D eigenvalue weighted by Crippen LogP contribution is 2.29. The molecular formula is C22H19N3O2S. The molecule has 0 bridgehead atoms. The summed E-state index contributed by atoms with van der Waals surface area (Å²) in [5.74, 6) is -0.728. The van der Waals surface area contributed by atoms with E-state index in [1.807, 2.05) is 66.6 Å². The Morgan fingerprint density at radius 3 is 2.68 bits per heavy atom. The van der Waals surface area contributed by atoms with Crippen molar-refractivity contribution in [3.05, 3.63) is 95.0 Å². The standard InChI is InChI=1S/C22H19N3O2S/c26-22(27)19-7-6-16(13-20(19)17-4-2-1-3-5-17)12-18(21-24-9-11-28-21)14-25-10-8-23-15-25/h1-11,13,15,18H,12,14H2,(H,26,27). The van der Waals surface area contributed by atoms with Gasteiger partial charge in [0.05, 0.1) is 16.9 Å². The van der Waals surface area contributed by atoms with E-state index < -0.39 is 5.97 Å². The Bertz CT molecular complexity index is 1040. The van der Waals surface area contributed by atoms with Gasteiger partial charge in [-0.05, 0) is 29.2 Å². The molecule has 4 rings (SSSR count). The highest BCUT2D eigenvalue weighted by Gasteiger charge is 2.18. The van der Waals surface area contributed by atoms with Crippen LogP contribution in [0, 0.1) is 0 Å². The van der Waals surface area contributed by atoms with Crippen LogP contribution in [-0.2, 0) is 13.0 Å². The first kappa shape index (κ1) is 18.1. The molecule has 0 fully saturated rings. The maximum Gasteiger partial charge on any atom is 0.336 e. The maximum atomic E-state index is 11.7. The molecule has 0 aliphatic heterocycles. The lowest BCUT2D eigenvalue weighted by atomic mass is 9.93. The second kappa shape index (κ2) is 8.19. The quantitative estimate of drug-likeness (QED) is 0.496. The Labute approximate surface area is 167 Å². The summed E-state index contributed by atoms with van der Waals surface area (Å²) >= 11 is 1.64. The minimum atomic E-state index is -0.916. The Kier molecular flexibility index (Phi) is 5.30. The lowest BCUT2D eigenvalue weighted by Gasteiger charge is -2.17. The van der Waals surface area contributed by atoms with Crippen LogP contribution in [0.1, 0.15) is 26.8 Å². The number of nitrogens with zero attached hydrogens (tertiary/aromatic N) is 3. The van der Waals surface area contributed by atoms with Gasteiger partial charge in [0, 0.05) is 36.4 Å². The summed E-state index contributed by atoms with van der Waals surface area (Å²) in [5, 5.41) is 12.7. The summed E-state index contributed by atoms with van der Waals surface area (Å²) in [6.07, 6.45) is 8.12. The number of rotatable bonds is 7. The summed E-state index contributed by atoms with van der Waals surface area (Å²) < 4.78 is 2.05. The molecule has 1 N–H and O–H groups in total. The average Bonchev–Trinajstić information content (AvgIpc) is 3.42. The van der Waals surface area contributed by atoms with Crippen molar-refractivity contribution in [3.63, 3.8) is 0 Å². The number of carbonyl (C=O) groups is 1. The van der Waals surface area contributed by atoms with Gasteiger partial charge >= 0.3 is 5.97 Å². The fourth-order valence-electron chi connectivity index (χ4n) is 3.36. The SMILES string of the molecule is O=C(O)c1ccc(CC(Cn2ccnc2)c2nccs2)cc1-c1ccccc1. The highest BCUT2D eigenvalue weighted by molar-refractivity contribution is 7.09. The smallest absolute Gasteiger partial charge is 0.336 e. The van der Waals surface area contributed by atoms with Crippen molar-refractivity contribution < 1.29 is 9.90 Å². The zero-order valence-corrected chi connectivity index (χ0v) is 15.9. The predicted octanol–water partition coefficient (Wildman–Crippen LogP) is 4.73. The number of aromatic nitrogens is 3. The molecule has 28 heavy (non-hydrogen) atoms. The van der Waals surface area contributed by atoms with Crippen molar-refractivity contribution in [3.8, 4) is 11.1 Å². The largest absolute Gasteiger partial charge is 0.478 e. The van der Waals surface area contributed by atoms with Crippen molar-refractivity contribution in [2.24, 2.45) is 0 Å². The summed E-state index contributed by atoms with van der Waals surface area (Å²) in [6, 6.07) is 15.3. The van der Waals surface area contributed by atoms with E-state index in [2.05, 4.69) is 14.5 Å². The first-order valence-electron chi connectivity index (χ1n) is 8.97. The van der Waals surface area contributed by atoms with Crippen molar-refractivity contribution >= 4 is 17.3 Å². The van der Waals surface area contributed by atoms with Gasteiger partial charge in [0.1, 0.15) is 0 Å². The summed E-state index contributed by atoms with van der Waals surface area (Å²) in [4.78, 5) is 20.3. The molecule has 4 aromatic rings. The van der Waals surface area contributed by atoms with E-state index in [0.29, 0.717) is 5.56 Å². The van der Waals surface area contributed by atoms with Crippen LogP contribution in [0.15, 0.2) is 78.8 Å². The molecule has 1 atom stereocenters. The molecule has 0 amide bonds. The van der Waals surface area contributed by atoms with Crippen LogP contribution in [0.4, 0.5) is 0 Å². The van der Waals surface area contributed by atoms with Gasteiger partial charge in [0.25, 0.3) is 0 Å². The zero-order chi connectivity index (χ0) is 19.3. The molecule has 6 heteroatoms. The fourth-order valence-corrected chi connectivity index (χ4v) is 4.09. The van der Waals surface area contributed by atoms with Crippen molar-refractivity contribution in [1.29, 1.82) is 0 Å². The zero-order valence-electron chi connectivity index (χ0n) is 15.1. The highest BCUT2D eigenvalue weighted by atomic mass is 32.1. The first-order valence-corrected chi connectivity index (χ1v) is 9.85. The molecule has 2 heterocycles. The average molecular weight is 389 g/mol. The number of imidazole rings is 1. The Hall–Kier alpha value is -3.25. The number of carboxylic acids is 1. The normalized spacial score (nSPS) is 12.0. The Balaban J connectivity index is 1.68. The summed E-state index contributed by atoms with van der Waals surface area (Å²) in [5.41, 5.74) is 3.05. The number of carboxylic acid groups (broad SMARTS) is 1. The fraction of sp³-hybridized carbons (Fsp3) is 0.136. The van der Waals surface area contributed by atoms with Crippen molar-refractivity contribution in [1.82, 2.24) is 14.5 Å². The van der Waals surface area contributed by atoms with Crippen LogP contribution < -0.4 is 0 Å². The van der Waals surface area contributed by atoms with E-state index in [1.54, 1.807) is 23.6 Å². The van der Waals surface area contributed by atoms with Gasteiger partial charge in [-0.1, -0.05) is 42.5 Å². The Morgan fingerprint density at radius 1 is 1.14 bits per heavy atom. The van der Waals surface area contributed by atoms with Crippen LogP contribution in [0.25, 0.3) is 11.1 Å². The van der Waals surface area contributed by atoms with Gasteiger partial charge in [0.15, 0.2) is 0 Å². The molecule has 140 valence electrons. The van der Waals surface area contributed by atoms with Gasteiger partial charge in [-0.2, -0.15) is 0 Å². The molecule has 2 aromatic carbocycles. The summed E-state index contributed by atoms with van der Waals surface area (Å²) in [7, 11) is 0. The molecule has 1 unspecified atom stereocenters. The summed E-state index contributed by atoms with van der Waals surface area (Å²) in [6.45, 7) is 0.773. The van der Waals surface area contributed by atoms with Crippen molar-refractivity contribution in [2.75, 3.05) is 0 Å². The minimum Gasteiger partial charge on any atom is -0.478 e. The van der Waals surface area contributed by atoms with Gasteiger partial charge in [-0.3, -0.25) is 0 Å². The lowest BCUT2D eigenvalue weighted by molar-refractivity contribution is 0.0697. The van der Waals surface area contributed by atoms with Crippen molar-refractivity contribution in [2.45, 2.75) is 18.9 Å². The topological polar surface area (TPSA) is 68.0 Å². The van der Waals surface area contributed by atoms with Gasteiger partial charge in [0.2, 0.25) is 0 Å². The molecule has 0 aliphatic rings. The van der Waals surface area contributed by atoms with Gasteiger partial charge < -0.3 is 9.67 Å². The first-order chi connectivity index (χ1) is 13.7. The van der Waals surface area contributed by atoms with E-state index in [0.717, 1.165) is 34.7 Å². The minimum absolute atomic E-state index is 0.188. The molecular weight excluding hydrogens is 370 g/mol. The molecule has 0 aliphatic carbocycles. The number of hydrogen-bond acceptors (Lipinski definition) is 4. The van der Waals surface area contributed by atoms with Gasteiger partial charge in [-0.15, -0.1) is 11.3 Å². The number of thiazole rings is 1. The third-order valence-electron chi connectivity index (χ3n) is 4.67. The molecule has 0 saturated heterocycles. The molecule has 5 nitrogen and oxygen atoms in total. The maximum absolute atomic E-state index is 11.7. The lowest BCUT2D eigenvalue weighted by Crippen LogP contribution is -2.11. The Morgan fingerprint density at radius 2 is 2.00 bits per heavy atom. The predicted molar refractivity (Wildman–Crippen MR) is 110 cm³/mol. The monoisotopic (exact) mass is 389 g/mol. The number of aromatic carboxylic acids is 1. The van der Waals surface area contributed by atoms with Crippen LogP contribution in [-0.4, -0.2) is 25.6 Å². The van der Waals surface area contributed by atoms with E-state index in [-0.39, 0.29) is 5.92 Å². The molecule has 2 aromatic heterocycles. The molecule has 0 saturated carbocycles. The van der Waals surface area contributed by atoms with E-state index >= 15 is 0 Å². The molecule has 0 radical (unpaired) electrons. The van der Waals surface area contributed by atoms with E-state index in [9.17, 15) is 9.90 Å². The number of benzene rings is 2. The third-order valence-corrected chi connectivity index (χ3v) is 5.61. The number of hydrogen-bond donors (Lipinski definition) is 1. The van der Waals surface area contributed by atoms with Crippen LogP contribution >= 0.6 is 11.3 Å². The second-order valence-electron chi connectivity index (χ2n) is 6.58. The van der Waals surface area contributed by atoms with Gasteiger partial charge in [-0.25, -0.2) is 14.8 Å². The van der Waals surface area contributed by atoms with E-state index in [4.69, 9.17) is 0 Å². The van der Waals surface area contributed by atoms with E-state index in [1.165, 1.54) is 0 Å².